The van der Waals surface area contributed by atoms with Gasteiger partial charge in [-0.1, -0.05) is 85.0 Å². The summed E-state index contributed by atoms with van der Waals surface area (Å²) in [6.45, 7) is 6.57. The fourth-order valence-electron chi connectivity index (χ4n) is 3.33. The predicted molar refractivity (Wildman–Crippen MR) is 109 cm³/mol. The summed E-state index contributed by atoms with van der Waals surface area (Å²) in [7, 11) is 0. The molecule has 0 aliphatic heterocycles. The van der Waals surface area contributed by atoms with Gasteiger partial charge in [0.2, 0.25) is 0 Å². The molecule has 2 nitrogen and oxygen atoms in total. The third kappa shape index (κ3) is 17.9. The van der Waals surface area contributed by atoms with Gasteiger partial charge in [-0.25, -0.2) is 0 Å². The van der Waals surface area contributed by atoms with E-state index >= 15 is 0 Å². The summed E-state index contributed by atoms with van der Waals surface area (Å²) >= 11 is 0. The third-order valence-corrected chi connectivity index (χ3v) is 5.11. The smallest absolute Gasteiger partial charge is 0.133 e. The van der Waals surface area contributed by atoms with Crippen LogP contribution in [0.25, 0.3) is 0 Å². The predicted octanol–water partition coefficient (Wildman–Crippen LogP) is 7.43. The van der Waals surface area contributed by atoms with Gasteiger partial charge in [-0.2, -0.15) is 0 Å². The molecule has 0 aliphatic rings. The molecule has 0 N–H and O–H groups in total. The third-order valence-electron chi connectivity index (χ3n) is 5.11. The summed E-state index contributed by atoms with van der Waals surface area (Å²) in [5.74, 6) is 1.15. The van der Waals surface area contributed by atoms with Crippen molar-refractivity contribution in [2.24, 2.45) is 5.92 Å². The van der Waals surface area contributed by atoms with Gasteiger partial charge in [0.15, 0.2) is 0 Å². The lowest BCUT2D eigenvalue weighted by Gasteiger charge is -2.10. The molecule has 0 radical (unpaired) electrons. The van der Waals surface area contributed by atoms with Crippen molar-refractivity contribution in [1.82, 2.24) is 0 Å². The Labute approximate surface area is 157 Å². The van der Waals surface area contributed by atoms with Gasteiger partial charge >= 0.3 is 0 Å². The first-order valence-electron chi connectivity index (χ1n) is 11.1. The zero-order chi connectivity index (χ0) is 18.8. The average Bonchev–Trinajstić information content (AvgIpc) is 2.59. The maximum Gasteiger partial charge on any atom is 0.133 e. The molecule has 0 saturated carbocycles. The molecule has 0 aliphatic carbocycles. The minimum absolute atomic E-state index is 0.362. The summed E-state index contributed by atoms with van der Waals surface area (Å²) in [6.07, 6.45) is 18.5. The molecule has 0 aromatic rings. The van der Waals surface area contributed by atoms with E-state index in [9.17, 15) is 9.59 Å². The average molecular weight is 353 g/mol. The van der Waals surface area contributed by atoms with Gasteiger partial charge in [-0.15, -0.1) is 0 Å². The van der Waals surface area contributed by atoms with E-state index in [1.54, 1.807) is 0 Å². The van der Waals surface area contributed by atoms with Crippen LogP contribution in [0, 0.1) is 5.92 Å². The summed E-state index contributed by atoms with van der Waals surface area (Å²) in [4.78, 5) is 23.9. The Balaban J connectivity index is 3.52. The van der Waals surface area contributed by atoms with Crippen LogP contribution in [-0.4, -0.2) is 11.6 Å². The van der Waals surface area contributed by atoms with Gasteiger partial charge in [0.25, 0.3) is 0 Å². The lowest BCUT2D eigenvalue weighted by molar-refractivity contribution is -0.121. The lowest BCUT2D eigenvalue weighted by atomic mass is 9.94. The highest BCUT2D eigenvalue weighted by atomic mass is 16.1. The first kappa shape index (κ1) is 24.3. The second kappa shape index (κ2) is 18.1. The van der Waals surface area contributed by atoms with Gasteiger partial charge in [-0.3, -0.25) is 9.59 Å². The van der Waals surface area contributed by atoms with Gasteiger partial charge in [0.05, 0.1) is 0 Å². The van der Waals surface area contributed by atoms with Crippen LogP contribution in [0.2, 0.25) is 0 Å². The Morgan fingerprint density at radius 2 is 1.04 bits per heavy atom. The fourth-order valence-corrected chi connectivity index (χ4v) is 3.33. The van der Waals surface area contributed by atoms with E-state index in [0.717, 1.165) is 32.1 Å². The lowest BCUT2D eigenvalue weighted by Crippen LogP contribution is -2.08. The highest BCUT2D eigenvalue weighted by molar-refractivity contribution is 5.79. The normalized spacial score (nSPS) is 12.3. The first-order chi connectivity index (χ1) is 12.1. The van der Waals surface area contributed by atoms with Crippen molar-refractivity contribution >= 4 is 11.6 Å². The standard InChI is InChI=1S/C23H44O2/c1-4-6-8-10-12-14-16-22(24)19-18-21(3)20-23(25)17-15-13-11-9-7-5-2/h21H,4-20H2,1-3H3. The van der Waals surface area contributed by atoms with Crippen molar-refractivity contribution in [2.45, 2.75) is 130 Å². The molecule has 0 aromatic heterocycles. The molecule has 1 unspecified atom stereocenters. The van der Waals surface area contributed by atoms with Crippen molar-refractivity contribution in [1.29, 1.82) is 0 Å². The number of hydrogen-bond acceptors (Lipinski definition) is 2. The van der Waals surface area contributed by atoms with Gasteiger partial charge in [0, 0.05) is 25.7 Å². The fraction of sp³-hybridized carbons (Fsp3) is 0.913. The summed E-state index contributed by atoms with van der Waals surface area (Å²) in [6, 6.07) is 0. The van der Waals surface area contributed by atoms with Gasteiger partial charge in [-0.05, 0) is 25.2 Å². The van der Waals surface area contributed by atoms with E-state index in [-0.39, 0.29) is 0 Å². The monoisotopic (exact) mass is 352 g/mol. The molecule has 0 aromatic carbocycles. The number of Topliss-reactive ketones (excluding diaryl/α,β-unsaturated/α-hetero) is 2. The van der Waals surface area contributed by atoms with Crippen molar-refractivity contribution in [3.8, 4) is 0 Å². The number of unbranched alkanes of at least 4 members (excludes halogenated alkanes) is 10. The maximum atomic E-state index is 12.0. The minimum atomic E-state index is 0.362. The SMILES string of the molecule is CCCCCCCCC(=O)CCC(C)CC(=O)CCCCCCCC. The van der Waals surface area contributed by atoms with E-state index in [2.05, 4.69) is 20.8 Å². The molecule has 0 heterocycles. The van der Waals surface area contributed by atoms with E-state index < -0.39 is 0 Å². The van der Waals surface area contributed by atoms with Crippen molar-refractivity contribution in [3.05, 3.63) is 0 Å². The number of ketones is 2. The largest absolute Gasteiger partial charge is 0.300 e. The summed E-state index contributed by atoms with van der Waals surface area (Å²) < 4.78 is 0. The Morgan fingerprint density at radius 1 is 0.600 bits per heavy atom. The highest BCUT2D eigenvalue weighted by Crippen LogP contribution is 2.16. The Hall–Kier alpha value is -0.660. The quantitative estimate of drug-likeness (QED) is 0.226. The van der Waals surface area contributed by atoms with Crippen molar-refractivity contribution in [2.75, 3.05) is 0 Å². The molecule has 1 atom stereocenters. The van der Waals surface area contributed by atoms with Crippen molar-refractivity contribution in [3.63, 3.8) is 0 Å². The van der Waals surface area contributed by atoms with Crippen LogP contribution < -0.4 is 0 Å². The van der Waals surface area contributed by atoms with Crippen LogP contribution in [0.3, 0.4) is 0 Å². The second-order valence-corrected chi connectivity index (χ2v) is 7.96. The highest BCUT2D eigenvalue weighted by Gasteiger charge is 2.11. The van der Waals surface area contributed by atoms with E-state index in [1.807, 2.05) is 0 Å². The zero-order valence-electron chi connectivity index (χ0n) is 17.4. The maximum absolute atomic E-state index is 12.0. The Morgan fingerprint density at radius 3 is 1.56 bits per heavy atom. The second-order valence-electron chi connectivity index (χ2n) is 7.96. The number of carbonyl (C=O) groups is 2. The Bertz CT molecular complexity index is 322. The van der Waals surface area contributed by atoms with Crippen LogP contribution in [0.4, 0.5) is 0 Å². The molecule has 0 fully saturated rings. The van der Waals surface area contributed by atoms with Crippen LogP contribution in [-0.2, 0) is 9.59 Å². The molecular formula is C23H44O2. The van der Waals surface area contributed by atoms with Gasteiger partial charge < -0.3 is 0 Å². The molecule has 0 rings (SSSR count). The molecule has 0 spiro atoms. The van der Waals surface area contributed by atoms with Crippen LogP contribution in [0.15, 0.2) is 0 Å². The minimum Gasteiger partial charge on any atom is -0.300 e. The van der Waals surface area contributed by atoms with Crippen molar-refractivity contribution < 1.29 is 9.59 Å². The Kier molecular flexibility index (Phi) is 17.7. The molecule has 0 saturated heterocycles. The molecule has 148 valence electrons. The molecule has 0 amide bonds. The van der Waals surface area contributed by atoms with Crippen LogP contribution in [0.5, 0.6) is 0 Å². The van der Waals surface area contributed by atoms with Gasteiger partial charge in [0.1, 0.15) is 11.6 Å². The molecule has 2 heteroatoms. The van der Waals surface area contributed by atoms with E-state index in [1.165, 1.54) is 64.2 Å². The molecule has 25 heavy (non-hydrogen) atoms. The first-order valence-corrected chi connectivity index (χ1v) is 11.1. The van der Waals surface area contributed by atoms with E-state index in [0.29, 0.717) is 30.3 Å². The zero-order valence-corrected chi connectivity index (χ0v) is 17.4. The summed E-state index contributed by atoms with van der Waals surface area (Å²) in [5, 5.41) is 0. The van der Waals surface area contributed by atoms with Crippen LogP contribution >= 0.6 is 0 Å². The number of carbonyl (C=O) groups excluding carboxylic acids is 2. The number of rotatable bonds is 19. The summed E-state index contributed by atoms with van der Waals surface area (Å²) in [5.41, 5.74) is 0. The van der Waals surface area contributed by atoms with E-state index in [4.69, 9.17) is 0 Å². The topological polar surface area (TPSA) is 34.1 Å². The molecular weight excluding hydrogens is 308 g/mol. The number of hydrogen-bond donors (Lipinski definition) is 0. The van der Waals surface area contributed by atoms with Crippen LogP contribution in [0.1, 0.15) is 130 Å². The molecule has 0 bridgehead atoms.